The predicted octanol–water partition coefficient (Wildman–Crippen LogP) is 2.99. The maximum absolute atomic E-state index is 13.1. The quantitative estimate of drug-likeness (QED) is 0.505. The molecule has 4 aromatic heterocycles. The van der Waals surface area contributed by atoms with Crippen molar-refractivity contribution in [3.8, 4) is 11.4 Å². The van der Waals surface area contributed by atoms with Gasteiger partial charge in [0.25, 0.3) is 11.6 Å². The van der Waals surface area contributed by atoms with Crippen LogP contribution >= 0.6 is 0 Å². The van der Waals surface area contributed by atoms with Crippen molar-refractivity contribution in [2.24, 2.45) is 5.92 Å². The Morgan fingerprint density at radius 1 is 1.27 bits per heavy atom. The number of nitrogens with one attached hydrogen (secondary N) is 1. The number of fused-ring (bicyclic) bond motifs is 1. The van der Waals surface area contributed by atoms with Gasteiger partial charge in [-0.15, -0.1) is 0 Å². The fourth-order valence-corrected chi connectivity index (χ4v) is 3.39. The van der Waals surface area contributed by atoms with Crippen molar-refractivity contribution < 1.29 is 9.32 Å². The summed E-state index contributed by atoms with van der Waals surface area (Å²) in [5, 5.41) is 16.4. The van der Waals surface area contributed by atoms with Gasteiger partial charge in [0.2, 0.25) is 0 Å². The number of aromatic nitrogens is 6. The molecule has 1 amide bonds. The molecule has 4 rings (SSSR count). The third-order valence-corrected chi connectivity index (χ3v) is 5.11. The maximum atomic E-state index is 13.1. The average molecular weight is 407 g/mol. The van der Waals surface area contributed by atoms with Crippen LogP contribution in [0.4, 0.5) is 0 Å². The van der Waals surface area contributed by atoms with Crippen LogP contribution in [0.5, 0.6) is 0 Å². The highest BCUT2D eigenvalue weighted by Crippen LogP contribution is 2.26. The summed E-state index contributed by atoms with van der Waals surface area (Å²) in [5.41, 5.74) is 3.82. The number of amides is 1. The van der Waals surface area contributed by atoms with Crippen LogP contribution in [0.3, 0.4) is 0 Å². The lowest BCUT2D eigenvalue weighted by Crippen LogP contribution is -2.30. The SMILES string of the molecule is CCn1ccc(-c2cc(C(=O)NCC(C)Cn3nccc3C)c3c(C)noc3n2)n1. The van der Waals surface area contributed by atoms with E-state index in [-0.39, 0.29) is 11.8 Å². The van der Waals surface area contributed by atoms with E-state index >= 15 is 0 Å². The Labute approximate surface area is 174 Å². The van der Waals surface area contributed by atoms with Gasteiger partial charge in [0.15, 0.2) is 0 Å². The summed E-state index contributed by atoms with van der Waals surface area (Å²) in [6, 6.07) is 5.60. The van der Waals surface area contributed by atoms with Gasteiger partial charge in [0, 0.05) is 37.7 Å². The number of rotatable bonds is 7. The first kappa shape index (κ1) is 19.8. The predicted molar refractivity (Wildman–Crippen MR) is 112 cm³/mol. The molecule has 4 aromatic rings. The standard InChI is InChI=1S/C21H25N7O2/c1-5-27-9-7-17(25-27)18-10-16(19-15(4)26-30-21(19)24-18)20(29)22-11-13(2)12-28-14(3)6-8-23-28/h6-10,13H,5,11-12H2,1-4H3,(H,22,29). The van der Waals surface area contributed by atoms with E-state index in [1.54, 1.807) is 19.2 Å². The number of nitrogens with zero attached hydrogens (tertiary/aromatic N) is 6. The zero-order valence-electron chi connectivity index (χ0n) is 17.6. The van der Waals surface area contributed by atoms with E-state index in [1.807, 2.05) is 41.5 Å². The minimum atomic E-state index is -0.186. The Hall–Kier alpha value is -3.49. The first-order valence-corrected chi connectivity index (χ1v) is 10.0. The van der Waals surface area contributed by atoms with E-state index in [0.29, 0.717) is 40.3 Å². The topological polar surface area (TPSA) is 104 Å². The molecule has 9 heteroatoms. The average Bonchev–Trinajstić information content (AvgIpc) is 3.47. The number of hydrogen-bond donors (Lipinski definition) is 1. The number of carbonyl (C=O) groups is 1. The maximum Gasteiger partial charge on any atom is 0.259 e. The molecule has 0 aromatic carbocycles. The highest BCUT2D eigenvalue weighted by molar-refractivity contribution is 6.06. The van der Waals surface area contributed by atoms with Crippen molar-refractivity contribution in [2.75, 3.05) is 6.54 Å². The van der Waals surface area contributed by atoms with Crippen molar-refractivity contribution in [1.29, 1.82) is 0 Å². The third-order valence-electron chi connectivity index (χ3n) is 5.11. The molecule has 9 nitrogen and oxygen atoms in total. The molecule has 156 valence electrons. The van der Waals surface area contributed by atoms with Crippen LogP contribution in [0.15, 0.2) is 35.1 Å². The molecule has 0 aliphatic rings. The van der Waals surface area contributed by atoms with Crippen molar-refractivity contribution in [3.05, 3.63) is 47.5 Å². The fourth-order valence-electron chi connectivity index (χ4n) is 3.39. The molecule has 0 radical (unpaired) electrons. The smallest absolute Gasteiger partial charge is 0.259 e. The Kier molecular flexibility index (Phi) is 5.35. The van der Waals surface area contributed by atoms with Gasteiger partial charge in [-0.3, -0.25) is 14.2 Å². The van der Waals surface area contributed by atoms with Crippen LogP contribution in [-0.2, 0) is 13.1 Å². The summed E-state index contributed by atoms with van der Waals surface area (Å²) in [4.78, 5) is 17.6. The van der Waals surface area contributed by atoms with E-state index in [1.165, 1.54) is 0 Å². The van der Waals surface area contributed by atoms with Gasteiger partial charge in [-0.2, -0.15) is 10.2 Å². The van der Waals surface area contributed by atoms with Crippen molar-refractivity contribution >= 4 is 17.0 Å². The molecule has 0 saturated heterocycles. The summed E-state index contributed by atoms with van der Waals surface area (Å²) >= 11 is 0. The molecule has 4 heterocycles. The number of aryl methyl sites for hydroxylation is 3. The van der Waals surface area contributed by atoms with Gasteiger partial charge >= 0.3 is 0 Å². The molecule has 0 aliphatic heterocycles. The first-order chi connectivity index (χ1) is 14.5. The molecule has 1 atom stereocenters. The normalized spacial score (nSPS) is 12.4. The highest BCUT2D eigenvalue weighted by atomic mass is 16.5. The van der Waals surface area contributed by atoms with Gasteiger partial charge in [-0.25, -0.2) is 4.98 Å². The lowest BCUT2D eigenvalue weighted by molar-refractivity contribution is 0.0948. The van der Waals surface area contributed by atoms with E-state index in [2.05, 4.69) is 32.6 Å². The largest absolute Gasteiger partial charge is 0.352 e. The van der Waals surface area contributed by atoms with Crippen LogP contribution in [0.1, 0.15) is 35.6 Å². The molecule has 0 aliphatic carbocycles. The van der Waals surface area contributed by atoms with Gasteiger partial charge in [-0.05, 0) is 44.9 Å². The summed E-state index contributed by atoms with van der Waals surface area (Å²) < 4.78 is 9.11. The molecule has 0 fully saturated rings. The first-order valence-electron chi connectivity index (χ1n) is 10.0. The fraction of sp³-hybridized carbons (Fsp3) is 0.381. The van der Waals surface area contributed by atoms with Crippen LogP contribution < -0.4 is 5.32 Å². The Balaban J connectivity index is 1.57. The van der Waals surface area contributed by atoms with Crippen LogP contribution in [0.2, 0.25) is 0 Å². The highest BCUT2D eigenvalue weighted by Gasteiger charge is 2.20. The lowest BCUT2D eigenvalue weighted by Gasteiger charge is -2.14. The molecule has 30 heavy (non-hydrogen) atoms. The summed E-state index contributed by atoms with van der Waals surface area (Å²) in [6.07, 6.45) is 3.66. The number of pyridine rings is 1. The zero-order valence-corrected chi connectivity index (χ0v) is 17.6. The molecular weight excluding hydrogens is 382 g/mol. The van der Waals surface area contributed by atoms with Crippen LogP contribution in [0.25, 0.3) is 22.5 Å². The van der Waals surface area contributed by atoms with E-state index in [0.717, 1.165) is 18.8 Å². The van der Waals surface area contributed by atoms with Crippen molar-refractivity contribution in [1.82, 2.24) is 35.0 Å². The Bertz CT molecular complexity index is 1190. The van der Waals surface area contributed by atoms with Gasteiger partial charge in [0.05, 0.1) is 22.3 Å². The molecule has 1 N–H and O–H groups in total. The molecule has 0 bridgehead atoms. The Morgan fingerprint density at radius 2 is 2.10 bits per heavy atom. The van der Waals surface area contributed by atoms with Crippen molar-refractivity contribution in [3.63, 3.8) is 0 Å². The monoisotopic (exact) mass is 407 g/mol. The summed E-state index contributed by atoms with van der Waals surface area (Å²) in [6.45, 7) is 9.92. The second-order valence-electron chi connectivity index (χ2n) is 7.53. The minimum absolute atomic E-state index is 0.186. The van der Waals surface area contributed by atoms with E-state index in [4.69, 9.17) is 4.52 Å². The Morgan fingerprint density at radius 3 is 2.80 bits per heavy atom. The van der Waals surface area contributed by atoms with Gasteiger partial charge in [0.1, 0.15) is 5.69 Å². The number of carbonyl (C=O) groups excluding carboxylic acids is 1. The summed E-state index contributed by atoms with van der Waals surface area (Å²) in [7, 11) is 0. The second kappa shape index (κ2) is 8.10. The molecule has 1 unspecified atom stereocenters. The second-order valence-corrected chi connectivity index (χ2v) is 7.53. The van der Waals surface area contributed by atoms with Crippen molar-refractivity contribution in [2.45, 2.75) is 40.8 Å². The molecule has 0 saturated carbocycles. The zero-order chi connectivity index (χ0) is 21.3. The number of hydrogen-bond acceptors (Lipinski definition) is 6. The van der Waals surface area contributed by atoms with Crippen LogP contribution in [-0.4, -0.2) is 42.2 Å². The van der Waals surface area contributed by atoms with Crippen LogP contribution in [0, 0.1) is 19.8 Å². The van der Waals surface area contributed by atoms with E-state index < -0.39 is 0 Å². The molecular formula is C21H25N7O2. The lowest BCUT2D eigenvalue weighted by atomic mass is 10.1. The van der Waals surface area contributed by atoms with E-state index in [9.17, 15) is 4.79 Å². The minimum Gasteiger partial charge on any atom is -0.352 e. The summed E-state index contributed by atoms with van der Waals surface area (Å²) in [5.74, 6) is 0.0297. The van der Waals surface area contributed by atoms with Gasteiger partial charge < -0.3 is 9.84 Å². The molecule has 0 spiro atoms. The van der Waals surface area contributed by atoms with Gasteiger partial charge in [-0.1, -0.05) is 12.1 Å². The third kappa shape index (κ3) is 3.83.